The molecule has 0 radical (unpaired) electrons. The highest BCUT2D eigenvalue weighted by atomic mass is 16.5. The number of carbonyl (C=O) groups is 4. The van der Waals surface area contributed by atoms with Crippen LogP contribution in [-0.4, -0.2) is 90.0 Å². The molecule has 3 heterocycles. The van der Waals surface area contributed by atoms with Gasteiger partial charge in [-0.2, -0.15) is 0 Å². The van der Waals surface area contributed by atoms with Crippen molar-refractivity contribution in [3.8, 4) is 5.75 Å². The summed E-state index contributed by atoms with van der Waals surface area (Å²) in [6.07, 6.45) is 1.02. The third-order valence-electron chi connectivity index (χ3n) is 6.70. The maximum atomic E-state index is 13.5. The monoisotopic (exact) mass is 486 g/mol. The third kappa shape index (κ3) is 5.75. The summed E-state index contributed by atoms with van der Waals surface area (Å²) in [6, 6.07) is 4.80. The highest BCUT2D eigenvalue weighted by Gasteiger charge is 2.36. The van der Waals surface area contributed by atoms with Crippen LogP contribution in [0.4, 0.5) is 0 Å². The molecule has 4 rings (SSSR count). The van der Waals surface area contributed by atoms with Gasteiger partial charge < -0.3 is 29.9 Å². The predicted molar refractivity (Wildman–Crippen MR) is 127 cm³/mol. The van der Waals surface area contributed by atoms with Gasteiger partial charge in [0.15, 0.2) is 0 Å². The third-order valence-corrected chi connectivity index (χ3v) is 6.70. The fourth-order valence-electron chi connectivity index (χ4n) is 5.08. The quantitative estimate of drug-likeness (QED) is 0.604. The van der Waals surface area contributed by atoms with E-state index < -0.39 is 23.9 Å². The summed E-state index contributed by atoms with van der Waals surface area (Å²) < 4.78 is 11.7. The molecule has 10 heteroatoms. The lowest BCUT2D eigenvalue weighted by molar-refractivity contribution is -0.146. The molecule has 1 aromatic rings. The summed E-state index contributed by atoms with van der Waals surface area (Å²) >= 11 is 0. The fourth-order valence-corrected chi connectivity index (χ4v) is 5.08. The van der Waals surface area contributed by atoms with Crippen molar-refractivity contribution in [2.75, 3.05) is 26.2 Å². The topological polar surface area (TPSA) is 117 Å². The molecule has 1 aromatic carbocycles. The number of para-hydroxylation sites is 1. The number of rotatable bonds is 1. The molecule has 3 aliphatic heterocycles. The molecule has 2 saturated heterocycles. The molecule has 0 aliphatic carbocycles. The molecule has 0 spiro atoms. The van der Waals surface area contributed by atoms with Crippen molar-refractivity contribution in [1.82, 2.24) is 20.4 Å². The van der Waals surface area contributed by atoms with Crippen molar-refractivity contribution in [2.24, 2.45) is 0 Å². The average Bonchev–Trinajstić information content (AvgIpc) is 3.28. The van der Waals surface area contributed by atoms with Crippen LogP contribution in [0.25, 0.3) is 0 Å². The van der Waals surface area contributed by atoms with Crippen molar-refractivity contribution >= 4 is 23.6 Å². The first-order valence-electron chi connectivity index (χ1n) is 12.3. The summed E-state index contributed by atoms with van der Waals surface area (Å²) in [4.78, 5) is 56.1. The lowest BCUT2D eigenvalue weighted by Crippen LogP contribution is -2.57. The van der Waals surface area contributed by atoms with E-state index in [4.69, 9.17) is 9.47 Å². The number of fused-ring (bicyclic) bond motifs is 2. The number of nitrogens with one attached hydrogen (secondary N) is 2. The van der Waals surface area contributed by atoms with Gasteiger partial charge >= 0.3 is 0 Å². The predicted octanol–water partition coefficient (Wildman–Crippen LogP) is 0.699. The van der Waals surface area contributed by atoms with Gasteiger partial charge in [-0.15, -0.1) is 0 Å². The Labute approximate surface area is 205 Å². The van der Waals surface area contributed by atoms with Crippen LogP contribution in [0, 0.1) is 0 Å². The zero-order valence-corrected chi connectivity index (χ0v) is 20.5. The van der Waals surface area contributed by atoms with E-state index in [0.717, 1.165) is 12.8 Å². The maximum Gasteiger partial charge on any atom is 0.255 e. The summed E-state index contributed by atoms with van der Waals surface area (Å²) in [5.74, 6) is -1.14. The van der Waals surface area contributed by atoms with Crippen molar-refractivity contribution in [2.45, 2.75) is 70.4 Å². The first-order valence-corrected chi connectivity index (χ1v) is 12.3. The second-order valence-corrected chi connectivity index (χ2v) is 9.65. The van der Waals surface area contributed by atoms with Crippen molar-refractivity contribution < 1.29 is 28.7 Å². The fraction of sp³-hybridized carbons (Fsp3) is 0.600. The molecule has 35 heavy (non-hydrogen) atoms. The number of ether oxygens (including phenoxy) is 2. The zero-order valence-electron chi connectivity index (χ0n) is 20.5. The maximum absolute atomic E-state index is 13.5. The molecule has 2 N–H and O–H groups in total. The molecular formula is C25H34N4O6. The molecule has 10 nitrogen and oxygen atoms in total. The summed E-state index contributed by atoms with van der Waals surface area (Å²) in [5, 5.41) is 5.47. The van der Waals surface area contributed by atoms with Crippen LogP contribution in [0.2, 0.25) is 0 Å². The molecule has 3 aliphatic rings. The van der Waals surface area contributed by atoms with E-state index in [-0.39, 0.29) is 48.7 Å². The Kier molecular flexibility index (Phi) is 7.59. The lowest BCUT2D eigenvalue weighted by Gasteiger charge is -2.37. The zero-order chi connectivity index (χ0) is 25.1. The number of hydrogen-bond acceptors (Lipinski definition) is 6. The van der Waals surface area contributed by atoms with E-state index in [1.165, 1.54) is 0 Å². The van der Waals surface area contributed by atoms with E-state index in [2.05, 4.69) is 10.6 Å². The number of benzene rings is 1. The van der Waals surface area contributed by atoms with Crippen molar-refractivity contribution in [1.29, 1.82) is 0 Å². The Morgan fingerprint density at radius 1 is 1.03 bits per heavy atom. The van der Waals surface area contributed by atoms with Gasteiger partial charge in [0.1, 0.15) is 24.4 Å². The summed E-state index contributed by atoms with van der Waals surface area (Å²) in [6.45, 7) is 6.94. The standard InChI is InChI=1S/C25H34N4O6/c1-15-12-28(13-16(2)35-15)25(33)20-11-22(30)26-17(3)24(32)29-10-6-7-18(29)14-34-21-9-5-4-8-19(21)23(31)27-20/h4-5,8-9,15-18,20H,6-7,10-14H2,1-3H3,(H,26,30)(H,27,31)/t15-,16+,17-,18+,20-/m0/s1. The molecule has 0 bridgehead atoms. The molecule has 4 amide bonds. The second kappa shape index (κ2) is 10.6. The largest absolute Gasteiger partial charge is 0.491 e. The van der Waals surface area contributed by atoms with E-state index in [9.17, 15) is 19.2 Å². The van der Waals surface area contributed by atoms with E-state index in [1.807, 2.05) is 13.8 Å². The molecule has 0 aromatic heterocycles. The van der Waals surface area contributed by atoms with E-state index in [1.54, 1.807) is 41.0 Å². The number of amides is 4. The van der Waals surface area contributed by atoms with Crippen LogP contribution in [0.3, 0.4) is 0 Å². The van der Waals surface area contributed by atoms with Crippen LogP contribution in [0.1, 0.15) is 50.4 Å². The van der Waals surface area contributed by atoms with Gasteiger partial charge in [0.25, 0.3) is 5.91 Å². The minimum absolute atomic E-state index is 0.138. The Morgan fingerprint density at radius 2 is 1.74 bits per heavy atom. The number of morpholine rings is 1. The number of carbonyl (C=O) groups excluding carboxylic acids is 4. The van der Waals surface area contributed by atoms with Gasteiger partial charge in [-0.3, -0.25) is 19.2 Å². The highest BCUT2D eigenvalue weighted by Crippen LogP contribution is 2.23. The first-order chi connectivity index (χ1) is 16.7. The van der Waals surface area contributed by atoms with Crippen LogP contribution >= 0.6 is 0 Å². The molecule has 0 saturated carbocycles. The SMILES string of the molecule is C[C@@H]1CN(C(=O)[C@@H]2CC(=O)N[C@@H](C)C(=O)N3CCC[C@@H]3COc3ccccc3C(=O)N2)C[C@H](C)O1. The van der Waals surface area contributed by atoms with Gasteiger partial charge in [-0.25, -0.2) is 0 Å². The molecule has 0 unspecified atom stereocenters. The Hall–Kier alpha value is -3.14. The minimum Gasteiger partial charge on any atom is -0.491 e. The van der Waals surface area contributed by atoms with Gasteiger partial charge in [-0.05, 0) is 45.7 Å². The first kappa shape index (κ1) is 25.0. The summed E-state index contributed by atoms with van der Waals surface area (Å²) in [5.41, 5.74) is 0.274. The van der Waals surface area contributed by atoms with Gasteiger partial charge in [0.2, 0.25) is 17.7 Å². The lowest BCUT2D eigenvalue weighted by atomic mass is 10.1. The van der Waals surface area contributed by atoms with Crippen LogP contribution < -0.4 is 15.4 Å². The van der Waals surface area contributed by atoms with Crippen LogP contribution in [0.15, 0.2) is 24.3 Å². The van der Waals surface area contributed by atoms with Crippen LogP contribution in [0.5, 0.6) is 5.75 Å². The minimum atomic E-state index is -1.10. The second-order valence-electron chi connectivity index (χ2n) is 9.65. The summed E-state index contributed by atoms with van der Waals surface area (Å²) in [7, 11) is 0. The highest BCUT2D eigenvalue weighted by molar-refractivity contribution is 6.01. The molecular weight excluding hydrogens is 452 g/mol. The van der Waals surface area contributed by atoms with Gasteiger partial charge in [0.05, 0.1) is 30.2 Å². The number of hydrogen-bond donors (Lipinski definition) is 2. The molecule has 5 atom stereocenters. The molecule has 190 valence electrons. The van der Waals surface area contributed by atoms with Gasteiger partial charge in [0, 0.05) is 19.6 Å². The Balaban J connectivity index is 1.63. The Bertz CT molecular complexity index is 974. The van der Waals surface area contributed by atoms with Crippen LogP contribution in [-0.2, 0) is 19.1 Å². The smallest absolute Gasteiger partial charge is 0.255 e. The van der Waals surface area contributed by atoms with Crippen molar-refractivity contribution in [3.63, 3.8) is 0 Å². The van der Waals surface area contributed by atoms with E-state index >= 15 is 0 Å². The van der Waals surface area contributed by atoms with Crippen molar-refractivity contribution in [3.05, 3.63) is 29.8 Å². The number of nitrogens with zero attached hydrogens (tertiary/aromatic N) is 2. The van der Waals surface area contributed by atoms with Gasteiger partial charge in [-0.1, -0.05) is 12.1 Å². The molecule has 2 fully saturated rings. The Morgan fingerprint density at radius 3 is 2.49 bits per heavy atom. The normalized spacial score (nSPS) is 30.4. The van der Waals surface area contributed by atoms with E-state index in [0.29, 0.717) is 25.4 Å². The average molecular weight is 487 g/mol.